The van der Waals surface area contributed by atoms with Gasteiger partial charge in [-0.1, -0.05) is 23.9 Å². The van der Waals surface area contributed by atoms with Gasteiger partial charge in [-0.15, -0.1) is 11.3 Å². The SMILES string of the molecule is CN1CCN(C(=O)CSc2nc3ccccc3s2)CC1. The predicted molar refractivity (Wildman–Crippen MR) is 84.4 cm³/mol. The summed E-state index contributed by atoms with van der Waals surface area (Å²) in [6, 6.07) is 8.09. The molecular weight excluding hydrogens is 290 g/mol. The van der Waals surface area contributed by atoms with E-state index in [0.717, 1.165) is 36.0 Å². The van der Waals surface area contributed by atoms with E-state index in [1.165, 1.54) is 4.70 Å². The third kappa shape index (κ3) is 3.13. The van der Waals surface area contributed by atoms with Gasteiger partial charge in [0.25, 0.3) is 0 Å². The maximum absolute atomic E-state index is 12.2. The Morgan fingerprint density at radius 2 is 2.05 bits per heavy atom. The molecule has 4 nitrogen and oxygen atoms in total. The van der Waals surface area contributed by atoms with Gasteiger partial charge in [0.05, 0.1) is 16.0 Å². The molecular formula is C14H17N3OS2. The van der Waals surface area contributed by atoms with Crippen molar-refractivity contribution >= 4 is 39.2 Å². The number of carbonyl (C=O) groups is 1. The predicted octanol–water partition coefficient (Wildman–Crippen LogP) is 2.16. The van der Waals surface area contributed by atoms with E-state index in [0.29, 0.717) is 5.75 Å². The molecule has 0 N–H and O–H groups in total. The molecule has 0 unspecified atom stereocenters. The molecule has 1 aliphatic heterocycles. The molecule has 2 heterocycles. The first-order valence-electron chi connectivity index (χ1n) is 6.67. The van der Waals surface area contributed by atoms with Gasteiger partial charge in [-0.3, -0.25) is 4.79 Å². The van der Waals surface area contributed by atoms with Crippen LogP contribution >= 0.6 is 23.1 Å². The minimum Gasteiger partial charge on any atom is -0.339 e. The lowest BCUT2D eigenvalue weighted by atomic mass is 10.3. The summed E-state index contributed by atoms with van der Waals surface area (Å²) in [5.74, 6) is 0.714. The lowest BCUT2D eigenvalue weighted by molar-refractivity contribution is -0.129. The summed E-state index contributed by atoms with van der Waals surface area (Å²) < 4.78 is 2.16. The van der Waals surface area contributed by atoms with Gasteiger partial charge in [0, 0.05) is 26.2 Å². The third-order valence-corrected chi connectivity index (χ3v) is 5.61. The van der Waals surface area contributed by atoms with E-state index in [1.54, 1.807) is 23.1 Å². The van der Waals surface area contributed by atoms with E-state index in [-0.39, 0.29) is 5.91 Å². The van der Waals surface area contributed by atoms with Crippen molar-refractivity contribution in [1.29, 1.82) is 0 Å². The van der Waals surface area contributed by atoms with Crippen LogP contribution in [0.5, 0.6) is 0 Å². The first kappa shape index (κ1) is 13.9. The average Bonchev–Trinajstić information content (AvgIpc) is 2.88. The fraction of sp³-hybridized carbons (Fsp3) is 0.429. The Balaban J connectivity index is 1.57. The van der Waals surface area contributed by atoms with Crippen molar-refractivity contribution in [3.8, 4) is 0 Å². The molecule has 106 valence electrons. The van der Waals surface area contributed by atoms with Gasteiger partial charge in [0.2, 0.25) is 5.91 Å². The molecule has 1 saturated heterocycles. The smallest absolute Gasteiger partial charge is 0.233 e. The van der Waals surface area contributed by atoms with E-state index >= 15 is 0 Å². The second-order valence-corrected chi connectivity index (χ2v) is 7.17. The quantitative estimate of drug-likeness (QED) is 0.814. The second-order valence-electron chi connectivity index (χ2n) is 4.92. The molecule has 1 aliphatic rings. The van der Waals surface area contributed by atoms with Gasteiger partial charge in [0.1, 0.15) is 0 Å². The van der Waals surface area contributed by atoms with Crippen LogP contribution in [0.4, 0.5) is 0 Å². The van der Waals surface area contributed by atoms with Crippen LogP contribution in [-0.2, 0) is 4.79 Å². The largest absolute Gasteiger partial charge is 0.339 e. The number of fused-ring (bicyclic) bond motifs is 1. The highest BCUT2D eigenvalue weighted by Crippen LogP contribution is 2.29. The van der Waals surface area contributed by atoms with Gasteiger partial charge in [-0.2, -0.15) is 0 Å². The Morgan fingerprint density at radius 3 is 2.80 bits per heavy atom. The summed E-state index contributed by atoms with van der Waals surface area (Å²) in [6.45, 7) is 3.63. The van der Waals surface area contributed by atoms with E-state index in [4.69, 9.17) is 0 Å². The van der Waals surface area contributed by atoms with Crippen molar-refractivity contribution in [2.24, 2.45) is 0 Å². The number of aromatic nitrogens is 1. The summed E-state index contributed by atoms with van der Waals surface area (Å²) >= 11 is 3.21. The molecule has 6 heteroatoms. The second kappa shape index (κ2) is 6.11. The first-order chi connectivity index (χ1) is 9.72. The molecule has 0 spiro atoms. The number of thioether (sulfide) groups is 1. The Labute approximate surface area is 126 Å². The van der Waals surface area contributed by atoms with Crippen LogP contribution in [0.1, 0.15) is 0 Å². The average molecular weight is 307 g/mol. The number of amides is 1. The van der Waals surface area contributed by atoms with Crippen molar-refractivity contribution in [3.05, 3.63) is 24.3 Å². The van der Waals surface area contributed by atoms with Crippen molar-refractivity contribution in [2.45, 2.75) is 4.34 Å². The number of piperazine rings is 1. The molecule has 1 fully saturated rings. The Kier molecular flexibility index (Phi) is 4.24. The molecule has 0 radical (unpaired) electrons. The molecule has 1 aromatic heterocycles. The van der Waals surface area contributed by atoms with Crippen LogP contribution < -0.4 is 0 Å². The van der Waals surface area contributed by atoms with Crippen molar-refractivity contribution in [3.63, 3.8) is 0 Å². The van der Waals surface area contributed by atoms with Crippen LogP contribution in [0, 0.1) is 0 Å². The highest BCUT2D eigenvalue weighted by Gasteiger charge is 2.19. The molecule has 2 aromatic rings. The number of hydrogen-bond acceptors (Lipinski definition) is 5. The fourth-order valence-corrected chi connectivity index (χ4v) is 4.15. The monoisotopic (exact) mass is 307 g/mol. The minimum atomic E-state index is 0.224. The minimum absolute atomic E-state index is 0.224. The van der Waals surface area contributed by atoms with E-state index < -0.39 is 0 Å². The number of likely N-dealkylation sites (N-methyl/N-ethyl adjacent to an activating group) is 1. The topological polar surface area (TPSA) is 36.4 Å². The molecule has 0 saturated carbocycles. The number of para-hydroxylation sites is 1. The normalized spacial score (nSPS) is 16.8. The van der Waals surface area contributed by atoms with Gasteiger partial charge >= 0.3 is 0 Å². The van der Waals surface area contributed by atoms with Crippen LogP contribution in [0.3, 0.4) is 0 Å². The zero-order valence-electron chi connectivity index (χ0n) is 11.4. The van der Waals surface area contributed by atoms with Crippen LogP contribution in [0.2, 0.25) is 0 Å². The molecule has 1 amide bonds. The van der Waals surface area contributed by atoms with Crippen molar-refractivity contribution in [2.75, 3.05) is 39.0 Å². The number of carbonyl (C=O) groups excluding carboxylic acids is 1. The molecule has 1 aromatic carbocycles. The van der Waals surface area contributed by atoms with Gasteiger partial charge in [-0.25, -0.2) is 4.98 Å². The first-order valence-corrected chi connectivity index (χ1v) is 8.47. The summed E-state index contributed by atoms with van der Waals surface area (Å²) in [5.41, 5.74) is 1.02. The lowest BCUT2D eigenvalue weighted by Crippen LogP contribution is -2.47. The van der Waals surface area contributed by atoms with E-state index in [1.807, 2.05) is 23.1 Å². The Morgan fingerprint density at radius 1 is 1.30 bits per heavy atom. The summed E-state index contributed by atoms with van der Waals surface area (Å²) in [6.07, 6.45) is 0. The molecule has 20 heavy (non-hydrogen) atoms. The molecule has 3 rings (SSSR count). The fourth-order valence-electron chi connectivity index (χ4n) is 2.18. The van der Waals surface area contributed by atoms with Crippen LogP contribution in [-0.4, -0.2) is 59.7 Å². The lowest BCUT2D eigenvalue weighted by Gasteiger charge is -2.32. The number of rotatable bonds is 3. The van der Waals surface area contributed by atoms with E-state index in [9.17, 15) is 4.79 Å². The zero-order valence-corrected chi connectivity index (χ0v) is 13.0. The van der Waals surface area contributed by atoms with Gasteiger partial charge in [-0.05, 0) is 19.2 Å². The Hall–Kier alpha value is -1.11. The van der Waals surface area contributed by atoms with E-state index in [2.05, 4.69) is 23.0 Å². The van der Waals surface area contributed by atoms with Crippen LogP contribution in [0.15, 0.2) is 28.6 Å². The van der Waals surface area contributed by atoms with Crippen molar-refractivity contribution in [1.82, 2.24) is 14.8 Å². The zero-order chi connectivity index (χ0) is 13.9. The Bertz CT molecular complexity index is 572. The maximum Gasteiger partial charge on any atom is 0.233 e. The maximum atomic E-state index is 12.2. The molecule has 0 atom stereocenters. The van der Waals surface area contributed by atoms with Gasteiger partial charge < -0.3 is 9.80 Å². The number of nitrogens with zero attached hydrogens (tertiary/aromatic N) is 3. The number of benzene rings is 1. The summed E-state index contributed by atoms with van der Waals surface area (Å²) in [7, 11) is 2.09. The highest BCUT2D eigenvalue weighted by molar-refractivity contribution is 8.01. The molecule has 0 aliphatic carbocycles. The number of thiazole rings is 1. The van der Waals surface area contributed by atoms with Crippen LogP contribution in [0.25, 0.3) is 10.2 Å². The molecule has 0 bridgehead atoms. The highest BCUT2D eigenvalue weighted by atomic mass is 32.2. The third-order valence-electron chi connectivity index (χ3n) is 3.45. The standard InChI is InChI=1S/C14H17N3OS2/c1-16-6-8-17(9-7-16)13(18)10-19-14-15-11-4-2-3-5-12(11)20-14/h2-5H,6-10H2,1H3. The summed E-state index contributed by atoms with van der Waals surface area (Å²) in [4.78, 5) is 20.9. The van der Waals surface area contributed by atoms with Crippen molar-refractivity contribution < 1.29 is 4.79 Å². The summed E-state index contributed by atoms with van der Waals surface area (Å²) in [5, 5.41) is 0. The van der Waals surface area contributed by atoms with Gasteiger partial charge in [0.15, 0.2) is 4.34 Å². The number of hydrogen-bond donors (Lipinski definition) is 0.